The zero-order chi connectivity index (χ0) is 12.6. The van der Waals surface area contributed by atoms with Crippen LogP contribution in [-0.4, -0.2) is 34.1 Å². The maximum Gasteiger partial charge on any atom is 0.346 e. The Morgan fingerprint density at radius 1 is 1.18 bits per heavy atom. The number of alkyl halides is 1. The number of aliphatic hydroxyl groups excluding tert-OH is 2. The third-order valence-corrected chi connectivity index (χ3v) is 2.85. The minimum atomic E-state index is -1.21. The van der Waals surface area contributed by atoms with Crippen LogP contribution in [0.15, 0.2) is 18.2 Å². The molecule has 2 unspecified atom stereocenters. The van der Waals surface area contributed by atoms with Gasteiger partial charge in [0.15, 0.2) is 0 Å². The highest BCUT2D eigenvalue weighted by Crippen LogP contribution is 2.25. The molecule has 6 heteroatoms. The van der Waals surface area contributed by atoms with Gasteiger partial charge in [-0.05, 0) is 17.7 Å². The van der Waals surface area contributed by atoms with E-state index in [-0.39, 0.29) is 17.0 Å². The van der Waals surface area contributed by atoms with Gasteiger partial charge in [-0.2, -0.15) is 0 Å². The second-order valence-corrected chi connectivity index (χ2v) is 3.96. The summed E-state index contributed by atoms with van der Waals surface area (Å²) in [4.78, 5) is 22.4. The Balaban J connectivity index is 2.38. The summed E-state index contributed by atoms with van der Waals surface area (Å²) < 4.78 is 4.41. The van der Waals surface area contributed by atoms with Crippen LogP contribution in [0.3, 0.4) is 0 Å². The molecule has 1 heterocycles. The van der Waals surface area contributed by atoms with Crippen molar-refractivity contribution < 1.29 is 24.5 Å². The van der Waals surface area contributed by atoms with Gasteiger partial charge in [0.1, 0.15) is 6.10 Å². The van der Waals surface area contributed by atoms with Gasteiger partial charge in [0.05, 0.1) is 23.1 Å². The fraction of sp³-hybridized carbons (Fsp3) is 0.273. The SMILES string of the molecule is O=C1OC(=O)c2cc(C(O)C(O)CCl)ccc21. The Bertz CT molecular complexity index is 485. The Morgan fingerprint density at radius 3 is 2.47 bits per heavy atom. The van der Waals surface area contributed by atoms with Crippen molar-refractivity contribution in [2.24, 2.45) is 0 Å². The van der Waals surface area contributed by atoms with Crippen molar-refractivity contribution in [3.8, 4) is 0 Å². The molecule has 1 aliphatic heterocycles. The minimum Gasteiger partial charge on any atom is -0.389 e. The molecule has 1 aromatic rings. The van der Waals surface area contributed by atoms with Crippen LogP contribution in [0.1, 0.15) is 32.4 Å². The average molecular weight is 257 g/mol. The first kappa shape index (κ1) is 12.0. The van der Waals surface area contributed by atoms with E-state index in [0.717, 1.165) is 0 Å². The van der Waals surface area contributed by atoms with Gasteiger partial charge < -0.3 is 14.9 Å². The molecule has 2 atom stereocenters. The number of esters is 2. The summed E-state index contributed by atoms with van der Waals surface area (Å²) in [7, 11) is 0. The molecule has 0 bridgehead atoms. The molecule has 5 nitrogen and oxygen atoms in total. The van der Waals surface area contributed by atoms with E-state index in [1.54, 1.807) is 0 Å². The van der Waals surface area contributed by atoms with E-state index in [0.29, 0.717) is 5.56 Å². The molecule has 0 aliphatic carbocycles. The van der Waals surface area contributed by atoms with Crippen LogP contribution in [0.4, 0.5) is 0 Å². The zero-order valence-electron chi connectivity index (χ0n) is 8.59. The van der Waals surface area contributed by atoms with Crippen LogP contribution in [0.25, 0.3) is 0 Å². The summed E-state index contributed by atoms with van der Waals surface area (Å²) in [6, 6.07) is 4.14. The van der Waals surface area contributed by atoms with E-state index in [4.69, 9.17) is 11.6 Å². The molecule has 17 heavy (non-hydrogen) atoms. The number of hydrogen-bond acceptors (Lipinski definition) is 5. The lowest BCUT2D eigenvalue weighted by Crippen LogP contribution is -2.20. The fourth-order valence-corrected chi connectivity index (χ4v) is 1.76. The van der Waals surface area contributed by atoms with E-state index in [9.17, 15) is 19.8 Å². The molecule has 0 radical (unpaired) electrons. The first-order valence-electron chi connectivity index (χ1n) is 4.87. The van der Waals surface area contributed by atoms with Gasteiger partial charge >= 0.3 is 11.9 Å². The van der Waals surface area contributed by atoms with Gasteiger partial charge in [-0.15, -0.1) is 11.6 Å². The van der Waals surface area contributed by atoms with Crippen LogP contribution >= 0.6 is 11.6 Å². The number of benzene rings is 1. The molecule has 1 aromatic carbocycles. The second kappa shape index (κ2) is 4.44. The van der Waals surface area contributed by atoms with Gasteiger partial charge in [0.2, 0.25) is 0 Å². The maximum atomic E-state index is 11.3. The van der Waals surface area contributed by atoms with Gasteiger partial charge in [-0.25, -0.2) is 9.59 Å². The summed E-state index contributed by atoms with van der Waals surface area (Å²) in [5.74, 6) is -1.59. The molecule has 0 amide bonds. The standard InChI is InChI=1S/C11H9ClO5/c12-4-8(13)9(14)5-1-2-6-7(3-5)11(16)17-10(6)15/h1-3,8-9,13-14H,4H2. The number of carbonyl (C=O) groups is 2. The van der Waals surface area contributed by atoms with Crippen LogP contribution in [0.5, 0.6) is 0 Å². The molecule has 0 spiro atoms. The largest absolute Gasteiger partial charge is 0.389 e. The van der Waals surface area contributed by atoms with Crippen LogP contribution in [0.2, 0.25) is 0 Å². The summed E-state index contributed by atoms with van der Waals surface area (Å²) in [5, 5.41) is 19.1. The normalized spacial score (nSPS) is 17.6. The number of halogens is 1. The minimum absolute atomic E-state index is 0.0910. The first-order valence-corrected chi connectivity index (χ1v) is 5.40. The van der Waals surface area contributed by atoms with Crippen molar-refractivity contribution >= 4 is 23.5 Å². The molecular weight excluding hydrogens is 248 g/mol. The third-order valence-electron chi connectivity index (χ3n) is 2.53. The number of hydrogen-bond donors (Lipinski definition) is 2. The monoisotopic (exact) mass is 256 g/mol. The Hall–Kier alpha value is -1.43. The highest BCUT2D eigenvalue weighted by Gasteiger charge is 2.31. The number of aliphatic hydroxyl groups is 2. The topological polar surface area (TPSA) is 83.8 Å². The summed E-state index contributed by atoms with van der Waals surface area (Å²) in [5.41, 5.74) is 0.559. The Kier molecular flexibility index (Phi) is 3.15. The smallest absolute Gasteiger partial charge is 0.346 e. The van der Waals surface area contributed by atoms with Crippen LogP contribution in [0, 0.1) is 0 Å². The number of carbonyl (C=O) groups excluding carboxylic acids is 2. The highest BCUT2D eigenvalue weighted by atomic mass is 35.5. The quantitative estimate of drug-likeness (QED) is 0.471. The summed E-state index contributed by atoms with van der Waals surface area (Å²) >= 11 is 5.41. The van der Waals surface area contributed by atoms with Gasteiger partial charge in [-0.3, -0.25) is 0 Å². The summed E-state index contributed by atoms with van der Waals surface area (Å²) in [6.07, 6.45) is -2.34. The average Bonchev–Trinajstić information content (AvgIpc) is 2.62. The fourth-order valence-electron chi connectivity index (χ4n) is 1.59. The second-order valence-electron chi connectivity index (χ2n) is 3.65. The predicted molar refractivity (Wildman–Crippen MR) is 57.9 cm³/mol. The lowest BCUT2D eigenvalue weighted by molar-refractivity contribution is 0.0326. The van der Waals surface area contributed by atoms with Crippen LogP contribution in [-0.2, 0) is 4.74 Å². The number of cyclic esters (lactones) is 2. The molecule has 2 N–H and O–H groups in total. The van der Waals surface area contributed by atoms with E-state index in [1.165, 1.54) is 18.2 Å². The Morgan fingerprint density at radius 2 is 1.82 bits per heavy atom. The van der Waals surface area contributed by atoms with E-state index in [2.05, 4.69) is 4.74 Å². The number of ether oxygens (including phenoxy) is 1. The number of fused-ring (bicyclic) bond motifs is 1. The molecular formula is C11H9ClO5. The van der Waals surface area contributed by atoms with Crippen molar-refractivity contribution in [2.45, 2.75) is 12.2 Å². The van der Waals surface area contributed by atoms with Crippen molar-refractivity contribution in [1.82, 2.24) is 0 Å². The first-order chi connectivity index (χ1) is 8.04. The zero-order valence-corrected chi connectivity index (χ0v) is 9.35. The van der Waals surface area contributed by atoms with Crippen molar-refractivity contribution in [3.05, 3.63) is 34.9 Å². The van der Waals surface area contributed by atoms with Gasteiger partial charge in [0, 0.05) is 0 Å². The molecule has 0 aromatic heterocycles. The molecule has 2 rings (SSSR count). The van der Waals surface area contributed by atoms with E-state index < -0.39 is 24.1 Å². The molecule has 1 aliphatic rings. The lowest BCUT2D eigenvalue weighted by atomic mass is 10.00. The van der Waals surface area contributed by atoms with E-state index in [1.807, 2.05) is 0 Å². The predicted octanol–water partition coefficient (Wildman–Crippen LogP) is 0.630. The van der Waals surface area contributed by atoms with Gasteiger partial charge in [0.25, 0.3) is 0 Å². The molecule has 0 saturated carbocycles. The van der Waals surface area contributed by atoms with Crippen molar-refractivity contribution in [1.29, 1.82) is 0 Å². The highest BCUT2D eigenvalue weighted by molar-refractivity contribution is 6.18. The summed E-state index contributed by atoms with van der Waals surface area (Å²) in [6.45, 7) is 0. The van der Waals surface area contributed by atoms with Gasteiger partial charge in [-0.1, -0.05) is 6.07 Å². The van der Waals surface area contributed by atoms with Crippen LogP contribution < -0.4 is 0 Å². The Labute approximate surface area is 102 Å². The van der Waals surface area contributed by atoms with Crippen molar-refractivity contribution in [3.63, 3.8) is 0 Å². The number of rotatable bonds is 3. The third kappa shape index (κ3) is 2.04. The van der Waals surface area contributed by atoms with Crippen molar-refractivity contribution in [2.75, 3.05) is 5.88 Å². The molecule has 0 fully saturated rings. The lowest BCUT2D eigenvalue weighted by Gasteiger charge is -2.15. The van der Waals surface area contributed by atoms with E-state index >= 15 is 0 Å². The molecule has 0 saturated heterocycles. The molecule has 90 valence electrons. The maximum absolute atomic E-state index is 11.3.